The number of hydrogen-bond acceptors (Lipinski definition) is 7. The average molecular weight is 505 g/mol. The predicted octanol–water partition coefficient (Wildman–Crippen LogP) is 4.79. The molecule has 0 unspecified atom stereocenters. The SMILES string of the molecule is CCCCCCCCCCCCCCCCCCCCCC(=O)O[C@@H]([C@H](O)[C@H](O)CO)[C@H](O)CO. The van der Waals surface area contributed by atoms with Gasteiger partial charge in [-0.2, -0.15) is 0 Å². The highest BCUT2D eigenvalue weighted by Gasteiger charge is 2.34. The number of aliphatic hydroxyl groups excluding tert-OH is 5. The van der Waals surface area contributed by atoms with Gasteiger partial charge in [-0.05, 0) is 6.42 Å². The Morgan fingerprint density at radius 1 is 0.571 bits per heavy atom. The van der Waals surface area contributed by atoms with Crippen LogP contribution in [0.25, 0.3) is 0 Å². The molecule has 0 aromatic carbocycles. The number of ether oxygens (including phenoxy) is 1. The summed E-state index contributed by atoms with van der Waals surface area (Å²) < 4.78 is 5.05. The molecule has 0 heterocycles. The maximum Gasteiger partial charge on any atom is 0.306 e. The van der Waals surface area contributed by atoms with Gasteiger partial charge in [0, 0.05) is 6.42 Å². The zero-order chi connectivity index (χ0) is 26.2. The number of aliphatic hydroxyl groups is 5. The molecular formula is C28H56O7. The van der Waals surface area contributed by atoms with Crippen LogP contribution in [-0.2, 0) is 9.53 Å². The number of hydrogen-bond donors (Lipinski definition) is 5. The Bertz CT molecular complexity index is 461. The first-order valence-corrected chi connectivity index (χ1v) is 14.4. The Hall–Kier alpha value is -0.730. The first-order valence-electron chi connectivity index (χ1n) is 14.4. The summed E-state index contributed by atoms with van der Waals surface area (Å²) in [5.41, 5.74) is 0. The van der Waals surface area contributed by atoms with Gasteiger partial charge in [0.05, 0.1) is 13.2 Å². The van der Waals surface area contributed by atoms with Crippen LogP contribution in [0.1, 0.15) is 135 Å². The number of rotatable bonds is 26. The molecule has 0 aromatic heterocycles. The van der Waals surface area contributed by atoms with Crippen LogP contribution in [-0.4, -0.2) is 69.1 Å². The van der Waals surface area contributed by atoms with E-state index in [0.29, 0.717) is 6.42 Å². The van der Waals surface area contributed by atoms with Crippen LogP contribution in [0, 0.1) is 0 Å². The molecule has 0 saturated heterocycles. The maximum atomic E-state index is 12.0. The van der Waals surface area contributed by atoms with Gasteiger partial charge in [-0.3, -0.25) is 4.79 Å². The summed E-state index contributed by atoms with van der Waals surface area (Å²) in [6.07, 6.45) is 18.1. The Balaban J connectivity index is 3.54. The Morgan fingerprint density at radius 3 is 1.26 bits per heavy atom. The van der Waals surface area contributed by atoms with Crippen LogP contribution in [0.4, 0.5) is 0 Å². The molecule has 35 heavy (non-hydrogen) atoms. The van der Waals surface area contributed by atoms with Crippen molar-refractivity contribution in [3.05, 3.63) is 0 Å². The number of esters is 1. The minimum atomic E-state index is -1.67. The average Bonchev–Trinajstić information content (AvgIpc) is 2.87. The minimum Gasteiger partial charge on any atom is -0.457 e. The van der Waals surface area contributed by atoms with Gasteiger partial charge in [0.2, 0.25) is 0 Å². The highest BCUT2D eigenvalue weighted by molar-refractivity contribution is 5.69. The van der Waals surface area contributed by atoms with Gasteiger partial charge in [-0.25, -0.2) is 0 Å². The quantitative estimate of drug-likeness (QED) is 0.0846. The second-order valence-electron chi connectivity index (χ2n) is 10.1. The zero-order valence-corrected chi connectivity index (χ0v) is 22.4. The van der Waals surface area contributed by atoms with Gasteiger partial charge in [-0.1, -0.05) is 122 Å². The molecule has 0 aromatic rings. The standard InChI is InChI=1S/C28H56O7/c1-2-3-4-5-6-7-8-9-10-11-12-13-14-15-16-17-18-19-20-21-26(33)35-28(25(32)23-30)27(34)24(31)22-29/h24-25,27-32,34H,2-23H2,1H3/t24-,25-,27-,28-/m1/s1. The van der Waals surface area contributed by atoms with Crippen LogP contribution in [0.15, 0.2) is 0 Å². The van der Waals surface area contributed by atoms with Crippen molar-refractivity contribution in [3.63, 3.8) is 0 Å². The molecule has 0 spiro atoms. The molecule has 0 aliphatic rings. The molecule has 5 N–H and O–H groups in total. The fourth-order valence-electron chi connectivity index (χ4n) is 4.37. The van der Waals surface area contributed by atoms with Crippen molar-refractivity contribution >= 4 is 5.97 Å². The molecule has 0 aliphatic heterocycles. The van der Waals surface area contributed by atoms with E-state index in [2.05, 4.69) is 6.92 Å². The molecule has 0 fully saturated rings. The van der Waals surface area contributed by atoms with Crippen LogP contribution in [0.5, 0.6) is 0 Å². The van der Waals surface area contributed by atoms with Crippen LogP contribution in [0.2, 0.25) is 0 Å². The van der Waals surface area contributed by atoms with Gasteiger partial charge in [0.1, 0.15) is 18.3 Å². The van der Waals surface area contributed by atoms with Gasteiger partial charge >= 0.3 is 5.97 Å². The lowest BCUT2D eigenvalue weighted by molar-refractivity contribution is -0.177. The van der Waals surface area contributed by atoms with Crippen LogP contribution >= 0.6 is 0 Å². The van der Waals surface area contributed by atoms with Gasteiger partial charge < -0.3 is 30.3 Å². The van der Waals surface area contributed by atoms with E-state index in [1.807, 2.05) is 0 Å². The van der Waals surface area contributed by atoms with Gasteiger partial charge in [0.25, 0.3) is 0 Å². The molecule has 210 valence electrons. The molecule has 7 nitrogen and oxygen atoms in total. The second-order valence-corrected chi connectivity index (χ2v) is 10.1. The molecule has 0 rings (SSSR count). The predicted molar refractivity (Wildman–Crippen MR) is 140 cm³/mol. The topological polar surface area (TPSA) is 127 Å². The lowest BCUT2D eigenvalue weighted by Crippen LogP contribution is -2.49. The first-order chi connectivity index (χ1) is 17.0. The van der Waals surface area contributed by atoms with Crippen molar-refractivity contribution in [2.45, 2.75) is 160 Å². The maximum absolute atomic E-state index is 12.0. The van der Waals surface area contributed by atoms with E-state index in [4.69, 9.17) is 14.9 Å². The summed E-state index contributed by atoms with van der Waals surface area (Å²) >= 11 is 0. The van der Waals surface area contributed by atoms with Crippen molar-refractivity contribution in [2.75, 3.05) is 13.2 Å². The second kappa shape index (κ2) is 24.9. The molecular weight excluding hydrogens is 448 g/mol. The summed E-state index contributed by atoms with van der Waals surface area (Å²) in [5, 5.41) is 47.2. The summed E-state index contributed by atoms with van der Waals surface area (Å²) in [4.78, 5) is 12.0. The van der Waals surface area contributed by atoms with Crippen molar-refractivity contribution < 1.29 is 35.1 Å². The Kier molecular flexibility index (Phi) is 24.4. The van der Waals surface area contributed by atoms with E-state index in [9.17, 15) is 20.1 Å². The molecule has 0 saturated carbocycles. The monoisotopic (exact) mass is 504 g/mol. The van der Waals surface area contributed by atoms with E-state index in [1.54, 1.807) is 0 Å². The van der Waals surface area contributed by atoms with Gasteiger partial charge in [0.15, 0.2) is 6.10 Å². The van der Waals surface area contributed by atoms with E-state index in [1.165, 1.54) is 96.3 Å². The number of unbranched alkanes of at least 4 members (excludes halogenated alkanes) is 18. The van der Waals surface area contributed by atoms with Crippen molar-refractivity contribution in [3.8, 4) is 0 Å². The third-order valence-electron chi connectivity index (χ3n) is 6.74. The zero-order valence-electron chi connectivity index (χ0n) is 22.4. The molecule has 0 amide bonds. The lowest BCUT2D eigenvalue weighted by atomic mass is 10.0. The van der Waals surface area contributed by atoms with E-state index in [-0.39, 0.29) is 6.42 Å². The van der Waals surface area contributed by atoms with E-state index in [0.717, 1.165) is 19.3 Å². The van der Waals surface area contributed by atoms with Crippen molar-refractivity contribution in [1.82, 2.24) is 0 Å². The third-order valence-corrected chi connectivity index (χ3v) is 6.74. The molecule has 4 atom stereocenters. The molecule has 0 radical (unpaired) electrons. The normalized spacial score (nSPS) is 15.0. The summed E-state index contributed by atoms with van der Waals surface area (Å²) in [7, 11) is 0. The Labute approximate surface area is 214 Å². The summed E-state index contributed by atoms with van der Waals surface area (Å²) in [6, 6.07) is 0. The van der Waals surface area contributed by atoms with Crippen LogP contribution in [0.3, 0.4) is 0 Å². The Morgan fingerprint density at radius 2 is 0.914 bits per heavy atom. The largest absolute Gasteiger partial charge is 0.457 e. The third kappa shape index (κ3) is 20.1. The minimum absolute atomic E-state index is 0.148. The smallest absolute Gasteiger partial charge is 0.306 e. The summed E-state index contributed by atoms with van der Waals surface area (Å²) in [5.74, 6) is -0.598. The number of carbonyl (C=O) groups excluding carboxylic acids is 1. The summed E-state index contributed by atoms with van der Waals surface area (Å²) in [6.45, 7) is 0.792. The van der Waals surface area contributed by atoms with E-state index >= 15 is 0 Å². The fraction of sp³-hybridized carbons (Fsp3) is 0.964. The fourth-order valence-corrected chi connectivity index (χ4v) is 4.37. The lowest BCUT2D eigenvalue weighted by Gasteiger charge is -2.28. The highest BCUT2D eigenvalue weighted by atomic mass is 16.6. The van der Waals surface area contributed by atoms with E-state index < -0.39 is 43.6 Å². The van der Waals surface area contributed by atoms with Gasteiger partial charge in [-0.15, -0.1) is 0 Å². The molecule has 0 aliphatic carbocycles. The molecule has 0 bridgehead atoms. The van der Waals surface area contributed by atoms with Crippen molar-refractivity contribution in [2.24, 2.45) is 0 Å². The van der Waals surface area contributed by atoms with Crippen LogP contribution < -0.4 is 0 Å². The van der Waals surface area contributed by atoms with Crippen molar-refractivity contribution in [1.29, 1.82) is 0 Å². The number of carbonyl (C=O) groups is 1. The highest BCUT2D eigenvalue weighted by Crippen LogP contribution is 2.16. The molecule has 7 heteroatoms. The first kappa shape index (κ1) is 34.3.